The third kappa shape index (κ3) is 3.90. The van der Waals surface area contributed by atoms with Gasteiger partial charge in [0.2, 0.25) is 5.82 Å². The zero-order valence-electron chi connectivity index (χ0n) is 12.2. The Morgan fingerprint density at radius 3 is 3.05 bits per heavy atom. The number of hydrogen-bond donors (Lipinski definition) is 1. The number of ether oxygens (including phenoxy) is 1. The minimum absolute atomic E-state index is 0.00905. The summed E-state index contributed by atoms with van der Waals surface area (Å²) in [6.45, 7) is 5.05. The van der Waals surface area contributed by atoms with E-state index in [1.165, 1.54) is 11.3 Å². The molecule has 3 rings (SSSR count). The maximum Gasteiger partial charge on any atom is 0.316 e. The van der Waals surface area contributed by atoms with Gasteiger partial charge in [0.1, 0.15) is 0 Å². The molecule has 7 nitrogen and oxygen atoms in total. The van der Waals surface area contributed by atoms with Crippen molar-refractivity contribution in [3.05, 3.63) is 23.4 Å². The summed E-state index contributed by atoms with van der Waals surface area (Å²) in [5, 5.41) is 8.56. The summed E-state index contributed by atoms with van der Waals surface area (Å²) >= 11 is 1.51. The lowest BCUT2D eigenvalue weighted by atomic mass is 10.3. The molecule has 0 radical (unpaired) electrons. The van der Waals surface area contributed by atoms with Crippen LogP contribution in [0.15, 0.2) is 22.0 Å². The van der Waals surface area contributed by atoms with E-state index in [0.717, 1.165) is 44.1 Å². The smallest absolute Gasteiger partial charge is 0.316 e. The molecule has 118 valence electrons. The van der Waals surface area contributed by atoms with E-state index in [4.69, 9.17) is 9.26 Å². The first-order valence-electron chi connectivity index (χ1n) is 7.29. The van der Waals surface area contributed by atoms with Gasteiger partial charge in [0.25, 0.3) is 0 Å². The molecule has 0 aliphatic carbocycles. The quantitative estimate of drug-likeness (QED) is 0.806. The molecular weight excluding hydrogens is 304 g/mol. The van der Waals surface area contributed by atoms with E-state index >= 15 is 0 Å². The summed E-state index contributed by atoms with van der Waals surface area (Å²) in [7, 11) is 0. The lowest BCUT2D eigenvalue weighted by Gasteiger charge is -2.26. The van der Waals surface area contributed by atoms with Crippen molar-refractivity contribution in [1.82, 2.24) is 20.4 Å². The van der Waals surface area contributed by atoms with Crippen LogP contribution in [0.5, 0.6) is 0 Å². The van der Waals surface area contributed by atoms with Crippen molar-refractivity contribution in [2.45, 2.75) is 6.42 Å². The van der Waals surface area contributed by atoms with Crippen molar-refractivity contribution in [3.8, 4) is 10.7 Å². The predicted octanol–water partition coefficient (Wildman–Crippen LogP) is 1.25. The molecule has 1 aliphatic heterocycles. The SMILES string of the molecule is O=C(NCCCN1CCOCC1)c1nc(-c2cccs2)no1. The Morgan fingerprint density at radius 2 is 2.27 bits per heavy atom. The van der Waals surface area contributed by atoms with Crippen molar-refractivity contribution in [1.29, 1.82) is 0 Å². The van der Waals surface area contributed by atoms with Gasteiger partial charge < -0.3 is 14.6 Å². The van der Waals surface area contributed by atoms with Gasteiger partial charge in [-0.05, 0) is 24.4 Å². The molecule has 1 saturated heterocycles. The van der Waals surface area contributed by atoms with Crippen molar-refractivity contribution < 1.29 is 14.1 Å². The van der Waals surface area contributed by atoms with Crippen molar-refractivity contribution in [3.63, 3.8) is 0 Å². The molecule has 1 amide bonds. The first kappa shape index (κ1) is 15.1. The predicted molar refractivity (Wildman–Crippen MR) is 81.8 cm³/mol. The topological polar surface area (TPSA) is 80.5 Å². The van der Waals surface area contributed by atoms with Crippen LogP contribution in [0.4, 0.5) is 0 Å². The lowest BCUT2D eigenvalue weighted by molar-refractivity contribution is 0.0374. The normalized spacial score (nSPS) is 15.8. The minimum Gasteiger partial charge on any atom is -0.379 e. The van der Waals surface area contributed by atoms with Gasteiger partial charge in [0.05, 0.1) is 18.1 Å². The van der Waals surface area contributed by atoms with E-state index in [1.54, 1.807) is 0 Å². The van der Waals surface area contributed by atoms with E-state index in [2.05, 4.69) is 20.4 Å². The number of thiophene rings is 1. The fraction of sp³-hybridized carbons (Fsp3) is 0.500. The van der Waals surface area contributed by atoms with Crippen molar-refractivity contribution in [2.24, 2.45) is 0 Å². The average molecular weight is 322 g/mol. The Labute approximate surface area is 132 Å². The maximum absolute atomic E-state index is 11.9. The Hall–Kier alpha value is -1.77. The highest BCUT2D eigenvalue weighted by Crippen LogP contribution is 2.21. The third-order valence-electron chi connectivity index (χ3n) is 3.40. The number of nitrogens with zero attached hydrogens (tertiary/aromatic N) is 3. The van der Waals surface area contributed by atoms with Crippen LogP contribution in [-0.2, 0) is 4.74 Å². The molecule has 0 saturated carbocycles. The number of carbonyl (C=O) groups is 1. The molecule has 0 spiro atoms. The monoisotopic (exact) mass is 322 g/mol. The molecule has 2 aromatic rings. The van der Waals surface area contributed by atoms with Crippen LogP contribution in [0.1, 0.15) is 17.1 Å². The zero-order chi connectivity index (χ0) is 15.2. The highest BCUT2D eigenvalue weighted by atomic mass is 32.1. The number of nitrogens with one attached hydrogen (secondary N) is 1. The number of carbonyl (C=O) groups excluding carboxylic acids is 1. The standard InChI is InChI=1S/C14H18N4O3S/c19-13(15-4-2-5-18-6-8-20-9-7-18)14-16-12(17-21-14)11-3-1-10-22-11/h1,3,10H,2,4-9H2,(H,15,19). The van der Waals surface area contributed by atoms with Gasteiger partial charge in [-0.3, -0.25) is 9.69 Å². The molecule has 1 fully saturated rings. The van der Waals surface area contributed by atoms with E-state index in [9.17, 15) is 4.79 Å². The highest BCUT2D eigenvalue weighted by Gasteiger charge is 2.16. The van der Waals surface area contributed by atoms with Crippen LogP contribution in [0.25, 0.3) is 10.7 Å². The van der Waals surface area contributed by atoms with Gasteiger partial charge in [0.15, 0.2) is 0 Å². The van der Waals surface area contributed by atoms with Crippen LogP contribution in [0.2, 0.25) is 0 Å². The van der Waals surface area contributed by atoms with Gasteiger partial charge in [-0.15, -0.1) is 11.3 Å². The number of amides is 1. The molecule has 22 heavy (non-hydrogen) atoms. The molecule has 0 atom stereocenters. The number of aromatic nitrogens is 2. The van der Waals surface area contributed by atoms with E-state index in [1.807, 2.05) is 17.5 Å². The van der Waals surface area contributed by atoms with E-state index in [-0.39, 0.29) is 11.8 Å². The van der Waals surface area contributed by atoms with E-state index < -0.39 is 0 Å². The number of morpholine rings is 1. The Morgan fingerprint density at radius 1 is 1.41 bits per heavy atom. The van der Waals surface area contributed by atoms with Crippen molar-refractivity contribution >= 4 is 17.2 Å². The molecule has 1 N–H and O–H groups in total. The maximum atomic E-state index is 11.9. The zero-order valence-corrected chi connectivity index (χ0v) is 13.0. The fourth-order valence-corrected chi connectivity index (χ4v) is 2.88. The molecular formula is C14H18N4O3S. The van der Waals surface area contributed by atoms with Crippen molar-refractivity contribution in [2.75, 3.05) is 39.4 Å². The second-order valence-corrected chi connectivity index (χ2v) is 5.91. The Balaban J connectivity index is 1.42. The summed E-state index contributed by atoms with van der Waals surface area (Å²) in [4.78, 5) is 19.3. The molecule has 8 heteroatoms. The van der Waals surface area contributed by atoms with Crippen LogP contribution < -0.4 is 5.32 Å². The van der Waals surface area contributed by atoms with Gasteiger partial charge in [-0.25, -0.2) is 0 Å². The molecule has 0 bridgehead atoms. The minimum atomic E-state index is -0.322. The molecule has 0 unspecified atom stereocenters. The van der Waals surface area contributed by atoms with Crippen LogP contribution >= 0.6 is 11.3 Å². The Kier molecular flexibility index (Phi) is 5.15. The lowest BCUT2D eigenvalue weighted by Crippen LogP contribution is -2.38. The molecule has 2 aromatic heterocycles. The van der Waals surface area contributed by atoms with Crippen LogP contribution in [-0.4, -0.2) is 60.3 Å². The number of hydrogen-bond acceptors (Lipinski definition) is 7. The van der Waals surface area contributed by atoms with Gasteiger partial charge >= 0.3 is 11.8 Å². The van der Waals surface area contributed by atoms with Crippen LogP contribution in [0, 0.1) is 0 Å². The number of rotatable bonds is 6. The summed E-state index contributed by atoms with van der Waals surface area (Å²) in [5.74, 6) is 0.139. The second-order valence-electron chi connectivity index (χ2n) is 4.96. The first-order valence-corrected chi connectivity index (χ1v) is 8.17. The fourth-order valence-electron chi connectivity index (χ4n) is 2.23. The molecule has 3 heterocycles. The average Bonchev–Trinajstić information content (AvgIpc) is 3.22. The van der Waals surface area contributed by atoms with Gasteiger partial charge in [0, 0.05) is 19.6 Å². The largest absolute Gasteiger partial charge is 0.379 e. The summed E-state index contributed by atoms with van der Waals surface area (Å²) < 4.78 is 10.3. The molecule has 0 aromatic carbocycles. The molecule has 1 aliphatic rings. The summed E-state index contributed by atoms with van der Waals surface area (Å²) in [6, 6.07) is 3.79. The van der Waals surface area contributed by atoms with Gasteiger partial charge in [-0.2, -0.15) is 4.98 Å². The first-order chi connectivity index (χ1) is 10.8. The second kappa shape index (κ2) is 7.48. The summed E-state index contributed by atoms with van der Waals surface area (Å²) in [5.41, 5.74) is 0. The third-order valence-corrected chi connectivity index (χ3v) is 4.27. The van der Waals surface area contributed by atoms with Crippen LogP contribution in [0.3, 0.4) is 0 Å². The van der Waals surface area contributed by atoms with E-state index in [0.29, 0.717) is 12.4 Å². The van der Waals surface area contributed by atoms with Gasteiger partial charge in [-0.1, -0.05) is 11.2 Å². The highest BCUT2D eigenvalue weighted by molar-refractivity contribution is 7.13. The Bertz CT molecular complexity index is 593. The summed E-state index contributed by atoms with van der Waals surface area (Å²) in [6.07, 6.45) is 0.887.